The molecule has 0 amide bonds. The Labute approximate surface area is 114 Å². The molecule has 1 aromatic carbocycles. The molecule has 5 heteroatoms. The molecule has 0 saturated carbocycles. The number of carboxylic acids is 1. The first kappa shape index (κ1) is 14.4. The van der Waals surface area contributed by atoms with Crippen LogP contribution < -0.4 is 4.74 Å². The van der Waals surface area contributed by atoms with Crippen molar-refractivity contribution in [1.29, 1.82) is 0 Å². The lowest BCUT2D eigenvalue weighted by Crippen LogP contribution is -2.27. The van der Waals surface area contributed by atoms with Crippen molar-refractivity contribution in [3.63, 3.8) is 0 Å². The maximum absolute atomic E-state index is 11.0. The number of halogens is 1. The lowest BCUT2D eigenvalue weighted by molar-refractivity contribution is -0.138. The van der Waals surface area contributed by atoms with Gasteiger partial charge in [0.2, 0.25) is 0 Å². The third-order valence-electron chi connectivity index (χ3n) is 2.33. The van der Waals surface area contributed by atoms with Crippen LogP contribution in [0, 0.1) is 0 Å². The van der Waals surface area contributed by atoms with E-state index in [1.807, 2.05) is 18.2 Å². The summed E-state index contributed by atoms with van der Waals surface area (Å²) in [4.78, 5) is 11.0. The predicted octanol–water partition coefficient (Wildman–Crippen LogP) is 3.55. The maximum atomic E-state index is 11.0. The van der Waals surface area contributed by atoms with Gasteiger partial charge in [-0.1, -0.05) is 6.07 Å². The van der Waals surface area contributed by atoms with Crippen molar-refractivity contribution < 1.29 is 14.6 Å². The Morgan fingerprint density at radius 1 is 1.53 bits per heavy atom. The smallest absolute Gasteiger partial charge is 0.319 e. The van der Waals surface area contributed by atoms with Crippen LogP contribution in [0.3, 0.4) is 0 Å². The van der Waals surface area contributed by atoms with E-state index in [9.17, 15) is 4.79 Å². The van der Waals surface area contributed by atoms with Gasteiger partial charge in [0.1, 0.15) is 10.5 Å². The highest BCUT2D eigenvalue weighted by Crippen LogP contribution is 2.31. The number of methoxy groups -OCH3 is 1. The Morgan fingerprint density at radius 2 is 2.18 bits per heavy atom. The molecule has 1 rings (SSSR count). The summed E-state index contributed by atoms with van der Waals surface area (Å²) in [6.07, 6.45) is 0. The average molecular weight is 319 g/mol. The van der Waals surface area contributed by atoms with Gasteiger partial charge in [0, 0.05) is 5.75 Å². The minimum Gasteiger partial charge on any atom is -0.496 e. The first-order chi connectivity index (χ1) is 7.86. The molecule has 0 aliphatic rings. The second-order valence-corrected chi connectivity index (χ2v) is 6.53. The van der Waals surface area contributed by atoms with Crippen LogP contribution >= 0.6 is 27.7 Å². The van der Waals surface area contributed by atoms with E-state index in [1.54, 1.807) is 21.0 Å². The van der Waals surface area contributed by atoms with Crippen LogP contribution in [0.2, 0.25) is 0 Å². The third-order valence-corrected chi connectivity index (χ3v) is 4.32. The van der Waals surface area contributed by atoms with E-state index in [4.69, 9.17) is 9.84 Å². The normalized spacial score (nSPS) is 11.3. The Morgan fingerprint density at radius 3 is 2.65 bits per heavy atom. The summed E-state index contributed by atoms with van der Waals surface area (Å²) < 4.78 is 5.25. The zero-order valence-electron chi connectivity index (χ0n) is 9.99. The molecule has 0 fully saturated rings. The number of thioether (sulfide) groups is 1. The average Bonchev–Trinajstić information content (AvgIpc) is 2.26. The summed E-state index contributed by atoms with van der Waals surface area (Å²) >= 11 is 4.81. The van der Waals surface area contributed by atoms with E-state index >= 15 is 0 Å². The van der Waals surface area contributed by atoms with Crippen LogP contribution in [-0.2, 0) is 10.5 Å². The number of ether oxygens (including phenoxy) is 1. The SMILES string of the molecule is COc1ccc(CSC(C)(C)C(=O)O)cc1Br. The Kier molecular flexibility index (Phi) is 4.89. The minimum atomic E-state index is -0.796. The molecule has 0 spiro atoms. The number of rotatable bonds is 5. The molecule has 0 atom stereocenters. The summed E-state index contributed by atoms with van der Waals surface area (Å²) in [5, 5.41) is 9.01. The van der Waals surface area contributed by atoms with Gasteiger partial charge in [-0.25, -0.2) is 0 Å². The molecule has 0 saturated heterocycles. The topological polar surface area (TPSA) is 46.5 Å². The highest BCUT2D eigenvalue weighted by Gasteiger charge is 2.27. The number of hydrogen-bond acceptors (Lipinski definition) is 3. The van der Waals surface area contributed by atoms with Crippen molar-refractivity contribution in [1.82, 2.24) is 0 Å². The van der Waals surface area contributed by atoms with Gasteiger partial charge in [-0.2, -0.15) is 0 Å². The van der Waals surface area contributed by atoms with Gasteiger partial charge >= 0.3 is 5.97 Å². The number of hydrogen-bond donors (Lipinski definition) is 1. The van der Waals surface area contributed by atoms with Crippen LogP contribution in [0.1, 0.15) is 19.4 Å². The van der Waals surface area contributed by atoms with Gasteiger partial charge in [-0.3, -0.25) is 4.79 Å². The van der Waals surface area contributed by atoms with Crippen LogP contribution in [0.4, 0.5) is 0 Å². The number of carboxylic acid groups (broad SMARTS) is 1. The summed E-state index contributed by atoms with van der Waals surface area (Å²) in [6, 6.07) is 5.76. The fourth-order valence-electron chi connectivity index (χ4n) is 1.13. The molecule has 17 heavy (non-hydrogen) atoms. The second-order valence-electron chi connectivity index (χ2n) is 4.07. The molecule has 1 N–H and O–H groups in total. The molecule has 0 heterocycles. The van der Waals surface area contributed by atoms with Crippen LogP contribution in [-0.4, -0.2) is 22.9 Å². The minimum absolute atomic E-state index is 0.655. The molecular formula is C12H15BrO3S. The number of benzene rings is 1. The van der Waals surface area contributed by atoms with Crippen molar-refractivity contribution in [3.05, 3.63) is 28.2 Å². The van der Waals surface area contributed by atoms with Crippen LogP contribution in [0.25, 0.3) is 0 Å². The van der Waals surface area contributed by atoms with E-state index in [2.05, 4.69) is 15.9 Å². The van der Waals surface area contributed by atoms with Crippen LogP contribution in [0.5, 0.6) is 5.75 Å². The second kappa shape index (κ2) is 5.78. The van der Waals surface area contributed by atoms with Gasteiger partial charge < -0.3 is 9.84 Å². The van der Waals surface area contributed by atoms with Crippen molar-refractivity contribution in [2.75, 3.05) is 7.11 Å². The molecule has 0 aliphatic carbocycles. The third kappa shape index (κ3) is 3.92. The quantitative estimate of drug-likeness (QED) is 0.901. The molecule has 1 aromatic rings. The fourth-order valence-corrected chi connectivity index (χ4v) is 2.54. The Hall–Kier alpha value is -0.680. The lowest BCUT2D eigenvalue weighted by atomic mass is 10.2. The first-order valence-corrected chi connectivity index (χ1v) is 6.84. The van der Waals surface area contributed by atoms with E-state index in [0.29, 0.717) is 5.75 Å². The van der Waals surface area contributed by atoms with Crippen LogP contribution in [0.15, 0.2) is 22.7 Å². The van der Waals surface area contributed by atoms with Gasteiger partial charge in [0.15, 0.2) is 0 Å². The summed E-state index contributed by atoms with van der Waals surface area (Å²) in [5.41, 5.74) is 1.07. The standard InChI is InChI=1S/C12H15BrO3S/c1-12(2,11(14)15)17-7-8-4-5-10(16-3)9(13)6-8/h4-6H,7H2,1-3H3,(H,14,15). The highest BCUT2D eigenvalue weighted by molar-refractivity contribution is 9.10. The first-order valence-electron chi connectivity index (χ1n) is 5.06. The fraction of sp³-hybridized carbons (Fsp3) is 0.417. The number of aliphatic carboxylic acids is 1. The summed E-state index contributed by atoms with van der Waals surface area (Å²) in [5.74, 6) is 0.633. The Balaban J connectivity index is 2.71. The van der Waals surface area contributed by atoms with Crippen molar-refractivity contribution in [3.8, 4) is 5.75 Å². The monoisotopic (exact) mass is 318 g/mol. The lowest BCUT2D eigenvalue weighted by Gasteiger charge is -2.18. The van der Waals surface area contributed by atoms with Crippen molar-refractivity contribution in [2.24, 2.45) is 0 Å². The van der Waals surface area contributed by atoms with Gasteiger partial charge in [-0.05, 0) is 47.5 Å². The van der Waals surface area contributed by atoms with Crippen molar-refractivity contribution >= 4 is 33.7 Å². The molecule has 94 valence electrons. The van der Waals surface area contributed by atoms with Gasteiger partial charge in [0.05, 0.1) is 11.6 Å². The molecular weight excluding hydrogens is 304 g/mol. The summed E-state index contributed by atoms with van der Waals surface area (Å²) in [7, 11) is 1.61. The molecule has 0 radical (unpaired) electrons. The molecule has 0 aliphatic heterocycles. The zero-order chi connectivity index (χ0) is 13.1. The summed E-state index contributed by atoms with van der Waals surface area (Å²) in [6.45, 7) is 3.41. The van der Waals surface area contributed by atoms with Gasteiger partial charge in [-0.15, -0.1) is 11.8 Å². The Bertz CT molecular complexity index is 418. The largest absolute Gasteiger partial charge is 0.496 e. The highest BCUT2D eigenvalue weighted by atomic mass is 79.9. The number of carbonyl (C=O) groups is 1. The predicted molar refractivity (Wildman–Crippen MR) is 73.7 cm³/mol. The molecule has 0 bridgehead atoms. The molecule has 3 nitrogen and oxygen atoms in total. The molecule has 0 unspecified atom stereocenters. The van der Waals surface area contributed by atoms with E-state index in [0.717, 1.165) is 15.8 Å². The van der Waals surface area contributed by atoms with E-state index in [1.165, 1.54) is 11.8 Å². The van der Waals surface area contributed by atoms with Gasteiger partial charge in [0.25, 0.3) is 0 Å². The maximum Gasteiger partial charge on any atom is 0.319 e. The zero-order valence-corrected chi connectivity index (χ0v) is 12.4. The van der Waals surface area contributed by atoms with E-state index < -0.39 is 10.7 Å². The van der Waals surface area contributed by atoms with Crippen molar-refractivity contribution in [2.45, 2.75) is 24.3 Å². The molecule has 0 aromatic heterocycles. The van der Waals surface area contributed by atoms with E-state index in [-0.39, 0.29) is 0 Å².